The normalized spacial score (nSPS) is 27.7. The molecule has 0 spiro atoms. The van der Waals surface area contributed by atoms with Crippen LogP contribution >= 0.6 is 0 Å². The zero-order chi connectivity index (χ0) is 25.8. The highest BCUT2D eigenvalue weighted by Crippen LogP contribution is 2.36. The van der Waals surface area contributed by atoms with Gasteiger partial charge in [0.2, 0.25) is 0 Å². The van der Waals surface area contributed by atoms with Gasteiger partial charge in [0.25, 0.3) is 10.2 Å². The molecule has 2 saturated heterocycles. The Balaban J connectivity index is 1.19. The first kappa shape index (κ1) is 26.4. The fraction of sp³-hybridized carbons (Fsp3) is 0.615. The molecular weight excluding hydrogens is 495 g/mol. The lowest BCUT2D eigenvalue weighted by molar-refractivity contribution is -0.00147. The fourth-order valence-electron chi connectivity index (χ4n) is 5.80. The van der Waals surface area contributed by atoms with Gasteiger partial charge in [-0.25, -0.2) is 4.39 Å². The van der Waals surface area contributed by atoms with E-state index in [1.165, 1.54) is 6.07 Å². The minimum absolute atomic E-state index is 0.0603. The topological polar surface area (TPSA) is 99.7 Å². The second-order valence-electron chi connectivity index (χ2n) is 10.7. The van der Waals surface area contributed by atoms with Gasteiger partial charge in [0, 0.05) is 45.0 Å². The van der Waals surface area contributed by atoms with E-state index >= 15 is 0 Å². The second-order valence-corrected chi connectivity index (χ2v) is 12.2. The van der Waals surface area contributed by atoms with Gasteiger partial charge in [-0.2, -0.15) is 23.0 Å². The van der Waals surface area contributed by atoms with Crippen molar-refractivity contribution in [2.45, 2.75) is 56.2 Å². The van der Waals surface area contributed by atoms with Crippen LogP contribution in [0, 0.1) is 11.7 Å². The molecule has 2 aromatic rings. The number of likely N-dealkylation sites (tertiary alicyclic amines) is 1. The molecule has 9 nitrogen and oxygen atoms in total. The molecule has 3 fully saturated rings. The minimum Gasteiger partial charge on any atom is -0.374 e. The third-order valence-electron chi connectivity index (χ3n) is 7.85. The molecule has 5 rings (SSSR count). The maximum atomic E-state index is 13.7. The van der Waals surface area contributed by atoms with Crippen molar-refractivity contribution in [3.05, 3.63) is 54.0 Å². The lowest BCUT2D eigenvalue weighted by Crippen LogP contribution is -2.62. The molecule has 11 heteroatoms. The van der Waals surface area contributed by atoms with Crippen molar-refractivity contribution in [1.82, 2.24) is 24.5 Å². The summed E-state index contributed by atoms with van der Waals surface area (Å²) in [7, 11) is -1.68. The SMILES string of the molecule is CN1CC(NS(=O)(=O)N[C@H]2CCN(c3cccnn3)C[C@H]2OCC2CCC(c3cccc(F)c3)CC2)C1. The predicted octanol–water partition coefficient (Wildman–Crippen LogP) is 2.29. The minimum atomic E-state index is -3.65. The summed E-state index contributed by atoms with van der Waals surface area (Å²) in [6.45, 7) is 3.20. The van der Waals surface area contributed by atoms with E-state index in [9.17, 15) is 12.8 Å². The number of anilines is 1. The summed E-state index contributed by atoms with van der Waals surface area (Å²) in [5, 5.41) is 8.23. The highest BCUT2D eigenvalue weighted by molar-refractivity contribution is 7.87. The molecule has 3 heterocycles. The van der Waals surface area contributed by atoms with E-state index in [1.807, 2.05) is 25.2 Å². The third-order valence-corrected chi connectivity index (χ3v) is 9.10. The van der Waals surface area contributed by atoms with Gasteiger partial charge in [0.15, 0.2) is 5.82 Å². The van der Waals surface area contributed by atoms with Crippen molar-refractivity contribution in [2.24, 2.45) is 5.92 Å². The first-order valence-corrected chi connectivity index (χ1v) is 14.7. The van der Waals surface area contributed by atoms with E-state index in [0.29, 0.717) is 51.0 Å². The lowest BCUT2D eigenvalue weighted by atomic mass is 9.79. The van der Waals surface area contributed by atoms with Crippen LogP contribution in [0.25, 0.3) is 0 Å². The first-order chi connectivity index (χ1) is 17.8. The number of halogens is 1. The summed E-state index contributed by atoms with van der Waals surface area (Å²) < 4.78 is 51.4. The molecule has 2 aliphatic heterocycles. The maximum Gasteiger partial charge on any atom is 0.277 e. The summed E-state index contributed by atoms with van der Waals surface area (Å²) in [6.07, 6.45) is 5.97. The molecule has 1 aromatic carbocycles. The first-order valence-electron chi connectivity index (χ1n) is 13.2. The van der Waals surface area contributed by atoms with Crippen LogP contribution in [0.4, 0.5) is 10.2 Å². The molecule has 0 radical (unpaired) electrons. The molecule has 0 bridgehead atoms. The van der Waals surface area contributed by atoms with E-state index in [-0.39, 0.29) is 24.0 Å². The van der Waals surface area contributed by atoms with Gasteiger partial charge in [-0.1, -0.05) is 12.1 Å². The maximum absolute atomic E-state index is 13.7. The zero-order valence-electron chi connectivity index (χ0n) is 21.3. The van der Waals surface area contributed by atoms with Crippen LogP contribution in [-0.2, 0) is 14.9 Å². The Morgan fingerprint density at radius 1 is 1.05 bits per heavy atom. The summed E-state index contributed by atoms with van der Waals surface area (Å²) in [5.41, 5.74) is 1.07. The molecular formula is C26H37FN6O3S. The van der Waals surface area contributed by atoms with Crippen LogP contribution in [0.2, 0.25) is 0 Å². The molecule has 202 valence electrons. The van der Waals surface area contributed by atoms with Crippen LogP contribution in [0.3, 0.4) is 0 Å². The molecule has 1 saturated carbocycles. The molecule has 3 aliphatic rings. The van der Waals surface area contributed by atoms with Crippen molar-refractivity contribution < 1.29 is 17.5 Å². The Morgan fingerprint density at radius 3 is 2.57 bits per heavy atom. The quantitative estimate of drug-likeness (QED) is 0.511. The number of aromatic nitrogens is 2. The van der Waals surface area contributed by atoms with E-state index in [1.54, 1.807) is 18.3 Å². The van der Waals surface area contributed by atoms with Crippen molar-refractivity contribution in [3.63, 3.8) is 0 Å². The largest absolute Gasteiger partial charge is 0.374 e. The molecule has 37 heavy (non-hydrogen) atoms. The molecule has 0 unspecified atom stereocenters. The predicted molar refractivity (Wildman–Crippen MR) is 140 cm³/mol. The summed E-state index contributed by atoms with van der Waals surface area (Å²) in [6, 6.07) is 10.3. The summed E-state index contributed by atoms with van der Waals surface area (Å²) in [4.78, 5) is 4.18. The van der Waals surface area contributed by atoms with E-state index in [4.69, 9.17) is 4.74 Å². The van der Waals surface area contributed by atoms with Gasteiger partial charge in [-0.05, 0) is 80.8 Å². The van der Waals surface area contributed by atoms with Crippen LogP contribution in [0.5, 0.6) is 0 Å². The number of rotatable bonds is 9. The number of benzene rings is 1. The lowest BCUT2D eigenvalue weighted by Gasteiger charge is -2.41. The van der Waals surface area contributed by atoms with Crippen molar-refractivity contribution in [3.8, 4) is 0 Å². The molecule has 1 aliphatic carbocycles. The number of hydrogen-bond donors (Lipinski definition) is 2. The third kappa shape index (κ3) is 7.02. The number of nitrogens with zero attached hydrogens (tertiary/aromatic N) is 4. The fourth-order valence-corrected chi connectivity index (χ4v) is 7.12. The van der Waals surface area contributed by atoms with Gasteiger partial charge in [-0.15, -0.1) is 5.10 Å². The van der Waals surface area contributed by atoms with Gasteiger partial charge >= 0.3 is 0 Å². The molecule has 0 amide bonds. The molecule has 1 aromatic heterocycles. The number of piperidine rings is 1. The highest BCUT2D eigenvalue weighted by Gasteiger charge is 2.36. The van der Waals surface area contributed by atoms with Crippen molar-refractivity contribution >= 4 is 16.0 Å². The number of hydrogen-bond acceptors (Lipinski definition) is 7. The smallest absolute Gasteiger partial charge is 0.277 e. The molecule has 2 N–H and O–H groups in total. The van der Waals surface area contributed by atoms with Crippen molar-refractivity contribution in [2.75, 3.05) is 44.7 Å². The number of ether oxygens (including phenoxy) is 1. The van der Waals surface area contributed by atoms with Gasteiger partial charge in [-0.3, -0.25) is 0 Å². The Labute approximate surface area is 219 Å². The van der Waals surface area contributed by atoms with E-state index < -0.39 is 10.2 Å². The Bertz CT molecular complexity index is 1130. The average molecular weight is 533 g/mol. The number of nitrogens with one attached hydrogen (secondary N) is 2. The second kappa shape index (κ2) is 11.7. The van der Waals surface area contributed by atoms with Crippen LogP contribution in [-0.4, -0.2) is 81.5 Å². The van der Waals surface area contributed by atoms with Gasteiger partial charge in [0.05, 0.1) is 12.1 Å². The monoisotopic (exact) mass is 532 g/mol. The van der Waals surface area contributed by atoms with Gasteiger partial charge in [0.1, 0.15) is 5.82 Å². The van der Waals surface area contributed by atoms with E-state index in [2.05, 4.69) is 29.4 Å². The van der Waals surface area contributed by atoms with Gasteiger partial charge < -0.3 is 14.5 Å². The number of likely N-dealkylation sites (N-methyl/N-ethyl adjacent to an activating group) is 1. The highest BCUT2D eigenvalue weighted by atomic mass is 32.2. The van der Waals surface area contributed by atoms with Crippen LogP contribution in [0.15, 0.2) is 42.6 Å². The Hall–Kier alpha value is -2.18. The standard InChI is InChI=1S/C26H37FN6O3S/c1-32-15-23(16-32)30-37(34,35)31-24-11-13-33(26-6-3-12-28-29-26)17-25(24)36-18-19-7-9-20(10-8-19)21-4-2-5-22(27)14-21/h2-6,12,14,19-20,23-25,30-31H,7-11,13,15-18H2,1H3/t19?,20?,24-,25+/m0/s1. The van der Waals surface area contributed by atoms with Crippen LogP contribution in [0.1, 0.15) is 43.6 Å². The average Bonchev–Trinajstić information content (AvgIpc) is 2.88. The Kier molecular flexibility index (Phi) is 8.35. The zero-order valence-corrected chi connectivity index (χ0v) is 22.1. The van der Waals surface area contributed by atoms with E-state index in [0.717, 1.165) is 37.1 Å². The van der Waals surface area contributed by atoms with Crippen LogP contribution < -0.4 is 14.3 Å². The summed E-state index contributed by atoms with van der Waals surface area (Å²) >= 11 is 0. The molecule has 2 atom stereocenters. The Morgan fingerprint density at radius 2 is 1.86 bits per heavy atom. The van der Waals surface area contributed by atoms with Crippen molar-refractivity contribution in [1.29, 1.82) is 0 Å². The summed E-state index contributed by atoms with van der Waals surface area (Å²) in [5.74, 6) is 1.37.